The van der Waals surface area contributed by atoms with E-state index in [2.05, 4.69) is 26.7 Å². The summed E-state index contributed by atoms with van der Waals surface area (Å²) in [4.78, 5) is 22.3. The van der Waals surface area contributed by atoms with Crippen molar-refractivity contribution in [2.24, 2.45) is 0 Å². The maximum Gasteiger partial charge on any atom is 0.259 e. The fraction of sp³-hybridized carbons (Fsp3) is 0.579. The van der Waals surface area contributed by atoms with E-state index >= 15 is 0 Å². The Morgan fingerprint density at radius 1 is 1.19 bits per heavy atom. The number of nitrogens with zero attached hydrogens (tertiary/aromatic N) is 4. The van der Waals surface area contributed by atoms with Crippen LogP contribution in [-0.2, 0) is 0 Å². The summed E-state index contributed by atoms with van der Waals surface area (Å²) in [5, 5.41) is 10.4. The summed E-state index contributed by atoms with van der Waals surface area (Å²) in [6, 6.07) is 0.487. The van der Waals surface area contributed by atoms with Gasteiger partial charge in [0.05, 0.1) is 10.6 Å². The smallest absolute Gasteiger partial charge is 0.259 e. The summed E-state index contributed by atoms with van der Waals surface area (Å²) >= 11 is 3.21. The van der Waals surface area contributed by atoms with Crippen LogP contribution in [0.2, 0.25) is 0 Å². The highest BCUT2D eigenvalue weighted by atomic mass is 32.2. The van der Waals surface area contributed by atoms with Crippen molar-refractivity contribution in [1.29, 1.82) is 0 Å². The Hall–Kier alpha value is -1.67. The van der Waals surface area contributed by atoms with E-state index in [1.54, 1.807) is 23.1 Å². The zero-order valence-corrected chi connectivity index (χ0v) is 17.8. The van der Waals surface area contributed by atoms with Gasteiger partial charge in [-0.25, -0.2) is 4.98 Å². The van der Waals surface area contributed by atoms with Crippen molar-refractivity contribution in [2.45, 2.75) is 76.2 Å². The number of aromatic nitrogens is 5. The monoisotopic (exact) mass is 403 g/mol. The number of H-pyrrole nitrogens is 1. The van der Waals surface area contributed by atoms with E-state index in [1.807, 2.05) is 20.8 Å². The van der Waals surface area contributed by atoms with Crippen LogP contribution in [-0.4, -0.2) is 24.7 Å². The predicted octanol–water partition coefficient (Wildman–Crippen LogP) is 4.86. The molecule has 1 aliphatic rings. The summed E-state index contributed by atoms with van der Waals surface area (Å²) in [6.07, 6.45) is 6.24. The van der Waals surface area contributed by atoms with Crippen molar-refractivity contribution in [3.8, 4) is 0 Å². The van der Waals surface area contributed by atoms with Crippen molar-refractivity contribution < 1.29 is 0 Å². The van der Waals surface area contributed by atoms with Crippen LogP contribution < -0.4 is 5.56 Å². The van der Waals surface area contributed by atoms with Gasteiger partial charge in [-0.15, -0.1) is 21.5 Å². The molecule has 0 bridgehead atoms. The van der Waals surface area contributed by atoms with Gasteiger partial charge in [-0.3, -0.25) is 4.79 Å². The summed E-state index contributed by atoms with van der Waals surface area (Å²) in [5.74, 6) is 1.67. The zero-order chi connectivity index (χ0) is 19.1. The highest BCUT2D eigenvalue weighted by molar-refractivity contribution is 7.99. The molecule has 0 radical (unpaired) electrons. The molecule has 0 saturated heterocycles. The number of thiophene rings is 1. The van der Waals surface area contributed by atoms with Gasteiger partial charge in [0, 0.05) is 10.9 Å². The first kappa shape index (κ1) is 18.7. The molecule has 0 spiro atoms. The molecule has 3 heterocycles. The molecule has 0 aromatic carbocycles. The Labute approximate surface area is 166 Å². The van der Waals surface area contributed by atoms with Gasteiger partial charge in [-0.2, -0.15) is 0 Å². The van der Waals surface area contributed by atoms with Crippen LogP contribution in [0.15, 0.2) is 9.95 Å². The number of aromatic amines is 1. The molecule has 144 valence electrons. The maximum absolute atomic E-state index is 12.6. The van der Waals surface area contributed by atoms with Gasteiger partial charge in [-0.05, 0) is 46.1 Å². The molecule has 1 saturated carbocycles. The number of fused-ring (bicyclic) bond motifs is 1. The molecular weight excluding hydrogens is 378 g/mol. The van der Waals surface area contributed by atoms with Crippen LogP contribution >= 0.6 is 23.1 Å². The van der Waals surface area contributed by atoms with Gasteiger partial charge < -0.3 is 9.55 Å². The number of rotatable bonds is 4. The normalized spacial score (nSPS) is 16.9. The topological polar surface area (TPSA) is 76.5 Å². The lowest BCUT2D eigenvalue weighted by Gasteiger charge is -2.25. The molecule has 4 rings (SSSR count). The van der Waals surface area contributed by atoms with Crippen molar-refractivity contribution >= 4 is 33.3 Å². The first-order valence-electron chi connectivity index (χ1n) is 9.53. The number of thioether (sulfide) groups is 1. The molecule has 0 amide bonds. The SMILES string of the molecule is Cc1sc2nc(C(C)Sc3nnc(C)n3C3CCCCC3)[nH]c(=O)c2c1C. The largest absolute Gasteiger partial charge is 0.309 e. The Balaban J connectivity index is 1.64. The van der Waals surface area contributed by atoms with E-state index in [-0.39, 0.29) is 10.8 Å². The van der Waals surface area contributed by atoms with Gasteiger partial charge in [-0.1, -0.05) is 31.0 Å². The Kier molecular flexibility index (Phi) is 5.11. The molecular formula is C19H25N5OS2. The third-order valence-electron chi connectivity index (χ3n) is 5.50. The number of hydrogen-bond donors (Lipinski definition) is 1. The van der Waals surface area contributed by atoms with Crippen LogP contribution in [0.1, 0.15) is 72.4 Å². The van der Waals surface area contributed by atoms with Crippen LogP contribution in [0.5, 0.6) is 0 Å². The lowest BCUT2D eigenvalue weighted by atomic mass is 9.95. The van der Waals surface area contributed by atoms with E-state index in [1.165, 1.54) is 32.1 Å². The van der Waals surface area contributed by atoms with Crippen LogP contribution in [0.3, 0.4) is 0 Å². The minimum Gasteiger partial charge on any atom is -0.309 e. The van der Waals surface area contributed by atoms with E-state index in [9.17, 15) is 4.79 Å². The highest BCUT2D eigenvalue weighted by Gasteiger charge is 2.24. The molecule has 8 heteroatoms. The number of nitrogens with one attached hydrogen (secondary N) is 1. The van der Waals surface area contributed by atoms with Crippen LogP contribution in [0, 0.1) is 20.8 Å². The minimum atomic E-state index is -0.0470. The molecule has 1 N–H and O–H groups in total. The molecule has 27 heavy (non-hydrogen) atoms. The number of aryl methyl sites for hydroxylation is 3. The summed E-state index contributed by atoms with van der Waals surface area (Å²) < 4.78 is 2.29. The summed E-state index contributed by atoms with van der Waals surface area (Å²) in [6.45, 7) is 8.11. The van der Waals surface area contributed by atoms with Crippen LogP contribution in [0.25, 0.3) is 10.2 Å². The van der Waals surface area contributed by atoms with Crippen molar-refractivity contribution in [3.63, 3.8) is 0 Å². The molecule has 3 aromatic heterocycles. The average molecular weight is 404 g/mol. The maximum atomic E-state index is 12.6. The van der Waals surface area contributed by atoms with E-state index in [0.29, 0.717) is 11.9 Å². The molecule has 6 nitrogen and oxygen atoms in total. The molecule has 0 aliphatic heterocycles. The first-order valence-corrected chi connectivity index (χ1v) is 11.2. The summed E-state index contributed by atoms with van der Waals surface area (Å²) in [5.41, 5.74) is 0.984. The third kappa shape index (κ3) is 3.45. The van der Waals surface area contributed by atoms with Crippen molar-refractivity contribution in [3.05, 3.63) is 32.4 Å². The predicted molar refractivity (Wildman–Crippen MR) is 111 cm³/mol. The average Bonchev–Trinajstić information content (AvgIpc) is 3.15. The molecule has 1 aliphatic carbocycles. The minimum absolute atomic E-state index is 0.00393. The van der Waals surface area contributed by atoms with Gasteiger partial charge >= 0.3 is 0 Å². The van der Waals surface area contributed by atoms with Gasteiger partial charge in [0.15, 0.2) is 5.16 Å². The van der Waals surface area contributed by atoms with Gasteiger partial charge in [0.25, 0.3) is 5.56 Å². The Morgan fingerprint density at radius 2 is 1.93 bits per heavy atom. The Bertz CT molecular complexity index is 1030. The van der Waals surface area contributed by atoms with E-state index < -0.39 is 0 Å². The second-order valence-electron chi connectivity index (χ2n) is 7.37. The molecule has 3 aromatic rings. The zero-order valence-electron chi connectivity index (χ0n) is 16.2. The quantitative estimate of drug-likeness (QED) is 0.630. The van der Waals surface area contributed by atoms with E-state index in [0.717, 1.165) is 31.6 Å². The van der Waals surface area contributed by atoms with Gasteiger partial charge in [0.2, 0.25) is 0 Å². The number of hydrogen-bond acceptors (Lipinski definition) is 6. The second kappa shape index (κ2) is 7.39. The van der Waals surface area contributed by atoms with Crippen molar-refractivity contribution in [2.75, 3.05) is 0 Å². The fourth-order valence-electron chi connectivity index (χ4n) is 3.87. The Morgan fingerprint density at radius 3 is 2.67 bits per heavy atom. The standard InChI is InChI=1S/C19H25N5OS2/c1-10-11(2)26-18-15(10)17(25)20-16(21-18)12(3)27-19-23-22-13(4)24(19)14-8-6-5-7-9-14/h12,14H,5-9H2,1-4H3,(H,20,21,25). The van der Waals surface area contributed by atoms with Crippen molar-refractivity contribution in [1.82, 2.24) is 24.7 Å². The lowest BCUT2D eigenvalue weighted by molar-refractivity contribution is 0.332. The molecule has 1 fully saturated rings. The van der Waals surface area contributed by atoms with Gasteiger partial charge in [0.1, 0.15) is 16.5 Å². The summed E-state index contributed by atoms with van der Waals surface area (Å²) in [7, 11) is 0. The third-order valence-corrected chi connectivity index (χ3v) is 7.67. The molecule has 1 unspecified atom stereocenters. The lowest BCUT2D eigenvalue weighted by Crippen LogP contribution is -2.16. The highest BCUT2D eigenvalue weighted by Crippen LogP contribution is 2.37. The molecule has 1 atom stereocenters. The van der Waals surface area contributed by atoms with Crippen LogP contribution in [0.4, 0.5) is 0 Å². The van der Waals surface area contributed by atoms with E-state index in [4.69, 9.17) is 4.98 Å². The fourth-order valence-corrected chi connectivity index (χ4v) is 5.93. The first-order chi connectivity index (χ1) is 13.0. The second-order valence-corrected chi connectivity index (χ2v) is 9.88.